The molecular weight excluding hydrogens is 236 g/mol. The zero-order valence-corrected chi connectivity index (χ0v) is 10.6. The van der Waals surface area contributed by atoms with Gasteiger partial charge in [-0.25, -0.2) is 0 Å². The molecule has 1 unspecified atom stereocenters. The van der Waals surface area contributed by atoms with Crippen LogP contribution in [0.5, 0.6) is 0 Å². The Morgan fingerprint density at radius 3 is 3.06 bits per heavy atom. The van der Waals surface area contributed by atoms with Gasteiger partial charge in [-0.05, 0) is 31.6 Å². The highest BCUT2D eigenvalue weighted by Gasteiger charge is 2.29. The second kappa shape index (κ2) is 4.96. The van der Waals surface area contributed by atoms with Crippen LogP contribution in [0.3, 0.4) is 0 Å². The number of anilines is 1. The fraction of sp³-hybridized carbons (Fsp3) is 0.500. The van der Waals surface area contributed by atoms with Gasteiger partial charge in [0.25, 0.3) is 5.69 Å². The summed E-state index contributed by atoms with van der Waals surface area (Å²) < 4.78 is 0.268. The van der Waals surface area contributed by atoms with Crippen molar-refractivity contribution in [3.05, 3.63) is 34.4 Å². The van der Waals surface area contributed by atoms with Gasteiger partial charge < -0.3 is 5.32 Å². The Morgan fingerprint density at radius 2 is 2.41 bits per heavy atom. The van der Waals surface area contributed by atoms with Crippen molar-refractivity contribution in [2.45, 2.75) is 24.5 Å². The first-order valence-electron chi connectivity index (χ1n) is 5.71. The van der Waals surface area contributed by atoms with Crippen LogP contribution >= 0.6 is 11.8 Å². The normalized spacial score (nSPS) is 23.6. The molecule has 0 amide bonds. The largest absolute Gasteiger partial charge is 0.383 e. The summed E-state index contributed by atoms with van der Waals surface area (Å²) in [5, 5.41) is 13.9. The first-order chi connectivity index (χ1) is 8.09. The predicted octanol–water partition coefficient (Wildman–Crippen LogP) is 3.29. The lowest BCUT2D eigenvalue weighted by Crippen LogP contribution is -2.26. The Labute approximate surface area is 105 Å². The molecule has 17 heavy (non-hydrogen) atoms. The standard InChI is InChI=1S/C12H16N2O2S/c1-12(6-3-7-17-12)9-13-10-4-2-5-11(8-10)14(15)16/h2,4-5,8,13H,3,6-7,9H2,1H3. The van der Waals surface area contributed by atoms with Gasteiger partial charge in [0.15, 0.2) is 0 Å². The van der Waals surface area contributed by atoms with E-state index >= 15 is 0 Å². The van der Waals surface area contributed by atoms with Crippen molar-refractivity contribution >= 4 is 23.1 Å². The van der Waals surface area contributed by atoms with E-state index in [4.69, 9.17) is 0 Å². The summed E-state index contributed by atoms with van der Waals surface area (Å²) in [4.78, 5) is 10.3. The zero-order chi connectivity index (χ0) is 12.3. The van der Waals surface area contributed by atoms with Crippen molar-refractivity contribution in [1.82, 2.24) is 0 Å². The number of non-ortho nitro benzene ring substituents is 1. The Balaban J connectivity index is 1.99. The third kappa shape index (κ3) is 3.12. The average Bonchev–Trinajstić information content (AvgIpc) is 2.75. The molecule has 1 fully saturated rings. The Hall–Kier alpha value is -1.23. The van der Waals surface area contributed by atoms with E-state index in [1.807, 2.05) is 17.8 Å². The molecule has 92 valence electrons. The maximum atomic E-state index is 10.7. The lowest BCUT2D eigenvalue weighted by atomic mass is 10.1. The van der Waals surface area contributed by atoms with Crippen molar-refractivity contribution < 1.29 is 4.92 Å². The van der Waals surface area contributed by atoms with E-state index in [1.165, 1.54) is 24.7 Å². The van der Waals surface area contributed by atoms with Gasteiger partial charge in [0.1, 0.15) is 0 Å². The zero-order valence-electron chi connectivity index (χ0n) is 9.81. The van der Waals surface area contributed by atoms with Gasteiger partial charge >= 0.3 is 0 Å². The number of thioether (sulfide) groups is 1. The average molecular weight is 252 g/mol. The molecule has 1 atom stereocenters. The molecule has 5 heteroatoms. The Morgan fingerprint density at radius 1 is 1.59 bits per heavy atom. The number of rotatable bonds is 4. The number of nitrogens with one attached hydrogen (secondary N) is 1. The number of nitrogens with zero attached hydrogens (tertiary/aromatic N) is 1. The summed E-state index contributed by atoms with van der Waals surface area (Å²) in [5.41, 5.74) is 0.965. The molecule has 4 nitrogen and oxygen atoms in total. The first-order valence-corrected chi connectivity index (χ1v) is 6.70. The molecule has 2 rings (SSSR count). The molecule has 1 saturated heterocycles. The van der Waals surface area contributed by atoms with Crippen LogP contribution in [-0.2, 0) is 0 Å². The first kappa shape index (κ1) is 12.2. The molecule has 1 aliphatic heterocycles. The predicted molar refractivity (Wildman–Crippen MR) is 71.7 cm³/mol. The molecule has 1 aromatic carbocycles. The number of nitro groups is 1. The Kier molecular flexibility index (Phi) is 3.57. The lowest BCUT2D eigenvalue weighted by molar-refractivity contribution is -0.384. The summed E-state index contributed by atoms with van der Waals surface area (Å²) in [5.74, 6) is 1.22. The third-order valence-electron chi connectivity index (χ3n) is 3.02. The van der Waals surface area contributed by atoms with Crippen molar-refractivity contribution in [1.29, 1.82) is 0 Å². The van der Waals surface area contributed by atoms with Gasteiger partial charge in [-0.2, -0.15) is 11.8 Å². The van der Waals surface area contributed by atoms with Crippen LogP contribution in [0.2, 0.25) is 0 Å². The van der Waals surface area contributed by atoms with Crippen LogP contribution in [0.1, 0.15) is 19.8 Å². The van der Waals surface area contributed by atoms with E-state index in [0.29, 0.717) is 0 Å². The molecule has 0 bridgehead atoms. The topological polar surface area (TPSA) is 55.2 Å². The SMILES string of the molecule is CC1(CNc2cccc([N+](=O)[O-])c2)CCCS1. The van der Waals surface area contributed by atoms with Gasteiger partial charge in [0, 0.05) is 29.1 Å². The lowest BCUT2D eigenvalue weighted by Gasteiger charge is -2.23. The summed E-state index contributed by atoms with van der Waals surface area (Å²) in [6.07, 6.45) is 2.47. The highest BCUT2D eigenvalue weighted by molar-refractivity contribution is 8.00. The molecule has 0 spiro atoms. The molecule has 0 radical (unpaired) electrons. The van der Waals surface area contributed by atoms with Crippen LogP contribution in [0.25, 0.3) is 0 Å². The second-order valence-corrected chi connectivity index (χ2v) is 6.25. The van der Waals surface area contributed by atoms with Crippen molar-refractivity contribution in [2.24, 2.45) is 0 Å². The van der Waals surface area contributed by atoms with Crippen LogP contribution in [-0.4, -0.2) is 22.0 Å². The number of hydrogen-bond donors (Lipinski definition) is 1. The number of hydrogen-bond acceptors (Lipinski definition) is 4. The molecule has 0 saturated carbocycles. The van der Waals surface area contributed by atoms with Crippen molar-refractivity contribution in [3.63, 3.8) is 0 Å². The number of nitro benzene ring substituents is 1. The van der Waals surface area contributed by atoms with E-state index in [-0.39, 0.29) is 15.4 Å². The quantitative estimate of drug-likeness (QED) is 0.660. The summed E-state index contributed by atoms with van der Waals surface area (Å²) in [7, 11) is 0. The molecule has 1 N–H and O–H groups in total. The van der Waals surface area contributed by atoms with E-state index in [1.54, 1.807) is 12.1 Å². The van der Waals surface area contributed by atoms with Gasteiger partial charge in [0.2, 0.25) is 0 Å². The third-order valence-corrected chi connectivity index (χ3v) is 4.56. The van der Waals surface area contributed by atoms with Crippen LogP contribution in [0.4, 0.5) is 11.4 Å². The minimum atomic E-state index is -0.364. The van der Waals surface area contributed by atoms with Crippen LogP contribution in [0.15, 0.2) is 24.3 Å². The molecule has 1 aromatic rings. The summed E-state index contributed by atoms with van der Waals surface area (Å²) >= 11 is 1.98. The molecule has 0 aromatic heterocycles. The maximum Gasteiger partial charge on any atom is 0.271 e. The fourth-order valence-corrected chi connectivity index (χ4v) is 3.24. The second-order valence-electron chi connectivity index (χ2n) is 4.56. The number of benzene rings is 1. The summed E-state index contributed by atoms with van der Waals surface area (Å²) in [6.45, 7) is 3.11. The monoisotopic (exact) mass is 252 g/mol. The van der Waals surface area contributed by atoms with Gasteiger partial charge in [-0.3, -0.25) is 10.1 Å². The highest BCUT2D eigenvalue weighted by Crippen LogP contribution is 2.37. The highest BCUT2D eigenvalue weighted by atomic mass is 32.2. The summed E-state index contributed by atoms with van der Waals surface area (Å²) in [6, 6.07) is 6.68. The molecule has 1 aliphatic rings. The van der Waals surface area contributed by atoms with E-state index in [2.05, 4.69) is 12.2 Å². The fourth-order valence-electron chi connectivity index (χ4n) is 1.99. The van der Waals surface area contributed by atoms with E-state index < -0.39 is 0 Å². The van der Waals surface area contributed by atoms with Gasteiger partial charge in [-0.15, -0.1) is 0 Å². The van der Waals surface area contributed by atoms with E-state index in [9.17, 15) is 10.1 Å². The van der Waals surface area contributed by atoms with Gasteiger partial charge in [0.05, 0.1) is 4.92 Å². The maximum absolute atomic E-state index is 10.7. The minimum absolute atomic E-state index is 0.138. The minimum Gasteiger partial charge on any atom is -0.383 e. The molecular formula is C12H16N2O2S. The van der Waals surface area contributed by atoms with Crippen molar-refractivity contribution in [3.8, 4) is 0 Å². The van der Waals surface area contributed by atoms with Gasteiger partial charge in [-0.1, -0.05) is 6.07 Å². The Bertz CT molecular complexity index is 417. The van der Waals surface area contributed by atoms with Crippen LogP contribution in [0, 0.1) is 10.1 Å². The van der Waals surface area contributed by atoms with Crippen molar-refractivity contribution in [2.75, 3.05) is 17.6 Å². The van der Waals surface area contributed by atoms with E-state index in [0.717, 1.165) is 12.2 Å². The molecule has 1 heterocycles. The smallest absolute Gasteiger partial charge is 0.271 e. The molecule has 0 aliphatic carbocycles. The van der Waals surface area contributed by atoms with Crippen LogP contribution < -0.4 is 5.32 Å².